The molecule has 2 unspecified atom stereocenters. The van der Waals surface area contributed by atoms with Gasteiger partial charge in [-0.2, -0.15) is 8.42 Å². The number of carbonyl (C=O) groups is 1. The van der Waals surface area contributed by atoms with Gasteiger partial charge in [0.05, 0.1) is 6.26 Å². The smallest absolute Gasteiger partial charge is 0.333 e. The molecular formula is C25H32N2O6S. The van der Waals surface area contributed by atoms with Gasteiger partial charge in [-0.25, -0.2) is 4.79 Å². The number of aryl methyl sites for hydroxylation is 1. The standard InChI is InChI=1S/C25H32N2O6S/c1-4-22(24(25(28)29)32-5-2)18-7-9-20(10-8-18)26-14-6-15-27-16-13-19-17-21(11-12-23(19)27)33-34(3,30)31/h7-13,16-17,22,24,26H,4-6,14-15H2,1-3H3,(H,28,29). The molecule has 3 aromatic rings. The molecule has 0 aliphatic heterocycles. The molecule has 0 saturated carbocycles. The number of benzene rings is 2. The zero-order valence-electron chi connectivity index (χ0n) is 19.7. The minimum absolute atomic E-state index is 0.197. The summed E-state index contributed by atoms with van der Waals surface area (Å²) in [6, 6.07) is 15.0. The van der Waals surface area contributed by atoms with Crippen molar-refractivity contribution in [2.24, 2.45) is 0 Å². The van der Waals surface area contributed by atoms with Gasteiger partial charge in [-0.1, -0.05) is 19.1 Å². The number of fused-ring (bicyclic) bond motifs is 1. The highest BCUT2D eigenvalue weighted by molar-refractivity contribution is 7.86. The van der Waals surface area contributed by atoms with Crippen molar-refractivity contribution in [1.82, 2.24) is 4.57 Å². The van der Waals surface area contributed by atoms with Gasteiger partial charge < -0.3 is 23.9 Å². The van der Waals surface area contributed by atoms with E-state index in [1.807, 2.05) is 49.5 Å². The van der Waals surface area contributed by atoms with Crippen LogP contribution in [0, 0.1) is 0 Å². The van der Waals surface area contributed by atoms with Crippen molar-refractivity contribution >= 4 is 32.7 Å². The Balaban J connectivity index is 1.55. The van der Waals surface area contributed by atoms with Gasteiger partial charge in [0.1, 0.15) is 5.75 Å². The van der Waals surface area contributed by atoms with E-state index in [9.17, 15) is 18.3 Å². The summed E-state index contributed by atoms with van der Waals surface area (Å²) < 4.78 is 35.2. The maximum Gasteiger partial charge on any atom is 0.333 e. The van der Waals surface area contributed by atoms with E-state index < -0.39 is 22.2 Å². The third kappa shape index (κ3) is 6.74. The number of carboxylic acid groups (broad SMARTS) is 1. The number of hydrogen-bond donors (Lipinski definition) is 2. The fourth-order valence-corrected chi connectivity index (χ4v) is 4.55. The van der Waals surface area contributed by atoms with Crippen LogP contribution >= 0.6 is 0 Å². The second-order valence-electron chi connectivity index (χ2n) is 8.15. The number of anilines is 1. The number of aliphatic carboxylic acids is 1. The van der Waals surface area contributed by atoms with Crippen LogP contribution in [0.1, 0.15) is 38.2 Å². The number of rotatable bonds is 13. The SMILES string of the molecule is CCOC(C(=O)O)C(CC)c1ccc(NCCCn2ccc3cc(OS(C)(=O)=O)ccc32)cc1. The molecule has 9 heteroatoms. The highest BCUT2D eigenvalue weighted by atomic mass is 32.2. The van der Waals surface area contributed by atoms with E-state index in [-0.39, 0.29) is 5.92 Å². The summed E-state index contributed by atoms with van der Waals surface area (Å²) in [5.41, 5.74) is 2.94. The number of hydrogen-bond acceptors (Lipinski definition) is 6. The zero-order chi connectivity index (χ0) is 24.7. The van der Waals surface area contributed by atoms with E-state index in [4.69, 9.17) is 8.92 Å². The van der Waals surface area contributed by atoms with E-state index in [0.29, 0.717) is 18.8 Å². The van der Waals surface area contributed by atoms with E-state index in [0.717, 1.165) is 47.9 Å². The molecule has 0 bridgehead atoms. The Kier molecular flexibility index (Phi) is 8.57. The largest absolute Gasteiger partial charge is 0.479 e. The van der Waals surface area contributed by atoms with Crippen LogP contribution in [0.5, 0.6) is 5.75 Å². The highest BCUT2D eigenvalue weighted by Gasteiger charge is 2.28. The highest BCUT2D eigenvalue weighted by Crippen LogP contribution is 2.27. The van der Waals surface area contributed by atoms with Gasteiger partial charge >= 0.3 is 16.1 Å². The summed E-state index contributed by atoms with van der Waals surface area (Å²) in [6.45, 7) is 5.70. The van der Waals surface area contributed by atoms with E-state index >= 15 is 0 Å². The van der Waals surface area contributed by atoms with Crippen molar-refractivity contribution in [2.45, 2.75) is 45.3 Å². The van der Waals surface area contributed by atoms with Crippen molar-refractivity contribution in [1.29, 1.82) is 0 Å². The minimum atomic E-state index is -3.55. The van der Waals surface area contributed by atoms with Crippen LogP contribution in [-0.2, 0) is 26.2 Å². The maximum atomic E-state index is 11.6. The molecule has 0 spiro atoms. The third-order valence-corrected chi connectivity index (χ3v) is 6.12. The number of carboxylic acids is 1. The van der Waals surface area contributed by atoms with Gasteiger partial charge in [0.15, 0.2) is 6.10 Å². The molecule has 2 atom stereocenters. The Bertz CT molecular complexity index is 1200. The normalized spacial score (nSPS) is 13.5. The van der Waals surface area contributed by atoms with Gasteiger partial charge in [0, 0.05) is 48.4 Å². The van der Waals surface area contributed by atoms with Crippen LogP contribution in [0.25, 0.3) is 10.9 Å². The maximum absolute atomic E-state index is 11.6. The van der Waals surface area contributed by atoms with Crippen molar-refractivity contribution in [3.63, 3.8) is 0 Å². The molecule has 1 heterocycles. The molecule has 0 aliphatic carbocycles. The molecule has 0 aliphatic rings. The average Bonchev–Trinajstić information content (AvgIpc) is 3.18. The molecule has 3 rings (SSSR count). The van der Waals surface area contributed by atoms with Gasteiger partial charge in [-0.3, -0.25) is 0 Å². The monoisotopic (exact) mass is 488 g/mol. The Morgan fingerprint density at radius 3 is 2.47 bits per heavy atom. The first-order valence-electron chi connectivity index (χ1n) is 11.4. The lowest BCUT2D eigenvalue weighted by atomic mass is 9.90. The minimum Gasteiger partial charge on any atom is -0.479 e. The Labute approximate surface area is 200 Å². The predicted molar refractivity (Wildman–Crippen MR) is 133 cm³/mol. The van der Waals surface area contributed by atoms with E-state index in [1.165, 1.54) is 0 Å². The molecule has 2 N–H and O–H groups in total. The third-order valence-electron chi connectivity index (χ3n) is 5.63. The van der Waals surface area contributed by atoms with Crippen LogP contribution in [0.2, 0.25) is 0 Å². The van der Waals surface area contributed by atoms with Crippen molar-refractivity contribution in [2.75, 3.05) is 24.7 Å². The first kappa shape index (κ1) is 25.6. The van der Waals surface area contributed by atoms with E-state index in [1.54, 1.807) is 19.1 Å². The van der Waals surface area contributed by atoms with Crippen molar-refractivity contribution in [3.8, 4) is 5.75 Å². The second-order valence-corrected chi connectivity index (χ2v) is 9.72. The zero-order valence-corrected chi connectivity index (χ0v) is 20.5. The Morgan fingerprint density at radius 2 is 1.85 bits per heavy atom. The first-order valence-corrected chi connectivity index (χ1v) is 13.2. The van der Waals surface area contributed by atoms with Gasteiger partial charge in [-0.15, -0.1) is 0 Å². The lowest BCUT2D eigenvalue weighted by Gasteiger charge is -2.23. The molecule has 0 fully saturated rings. The van der Waals surface area contributed by atoms with Crippen molar-refractivity contribution < 1.29 is 27.2 Å². The number of ether oxygens (including phenoxy) is 1. The molecular weight excluding hydrogens is 456 g/mol. The summed E-state index contributed by atoms with van der Waals surface area (Å²) in [4.78, 5) is 11.6. The molecule has 0 amide bonds. The van der Waals surface area contributed by atoms with E-state index in [2.05, 4.69) is 9.88 Å². The summed E-state index contributed by atoms with van der Waals surface area (Å²) in [5, 5.41) is 13.8. The molecule has 1 aromatic heterocycles. The predicted octanol–water partition coefficient (Wildman–Crippen LogP) is 4.47. The molecule has 184 valence electrons. The van der Waals surface area contributed by atoms with Crippen LogP contribution < -0.4 is 9.50 Å². The Morgan fingerprint density at radius 1 is 1.12 bits per heavy atom. The van der Waals surface area contributed by atoms with Gasteiger partial charge in [0.25, 0.3) is 0 Å². The molecule has 0 saturated heterocycles. The molecule has 2 aromatic carbocycles. The van der Waals surface area contributed by atoms with Crippen LogP contribution in [-0.4, -0.2) is 49.6 Å². The van der Waals surface area contributed by atoms with Gasteiger partial charge in [-0.05, 0) is 61.7 Å². The molecule has 34 heavy (non-hydrogen) atoms. The lowest BCUT2D eigenvalue weighted by Crippen LogP contribution is -2.30. The fourth-order valence-electron chi connectivity index (χ4n) is 4.09. The quantitative estimate of drug-likeness (QED) is 0.270. The Hall–Kier alpha value is -3.04. The summed E-state index contributed by atoms with van der Waals surface area (Å²) in [7, 11) is -3.55. The average molecular weight is 489 g/mol. The van der Waals surface area contributed by atoms with Crippen LogP contribution in [0.3, 0.4) is 0 Å². The summed E-state index contributed by atoms with van der Waals surface area (Å²) in [6.07, 6.45) is 3.72. The first-order chi connectivity index (χ1) is 16.2. The topological polar surface area (TPSA) is 107 Å². The number of nitrogens with zero attached hydrogens (tertiary/aromatic N) is 1. The van der Waals surface area contributed by atoms with Crippen LogP contribution in [0.15, 0.2) is 54.7 Å². The van der Waals surface area contributed by atoms with Gasteiger partial charge in [0.2, 0.25) is 0 Å². The molecule has 8 nitrogen and oxygen atoms in total. The second kappa shape index (κ2) is 11.4. The summed E-state index contributed by atoms with van der Waals surface area (Å²) in [5.74, 6) is -0.830. The summed E-state index contributed by atoms with van der Waals surface area (Å²) >= 11 is 0. The number of nitrogens with one attached hydrogen (secondary N) is 1. The lowest BCUT2D eigenvalue weighted by molar-refractivity contribution is -0.151. The van der Waals surface area contributed by atoms with Crippen molar-refractivity contribution in [3.05, 3.63) is 60.3 Å². The number of aromatic nitrogens is 1. The van der Waals surface area contributed by atoms with Crippen LogP contribution in [0.4, 0.5) is 5.69 Å². The fraction of sp³-hybridized carbons (Fsp3) is 0.400. The molecule has 0 radical (unpaired) electrons.